The van der Waals surface area contributed by atoms with Gasteiger partial charge in [0.25, 0.3) is 0 Å². The number of rotatable bonds is 4. The Labute approximate surface area is 220 Å². The van der Waals surface area contributed by atoms with Gasteiger partial charge in [0.2, 0.25) is 11.6 Å². The maximum atomic E-state index is 12.4. The zero-order valence-electron chi connectivity index (χ0n) is 21.2. The predicted molar refractivity (Wildman–Crippen MR) is 155 cm³/mol. The molecule has 0 spiro atoms. The van der Waals surface area contributed by atoms with Crippen molar-refractivity contribution in [1.82, 2.24) is 9.97 Å². The SMILES string of the molecule is Cc1ccc(C(=O)c2[nH]c3ccccc3c2N)cc1.Cc1ccc(C(=O)c2[nH]c3ccccc3c2N)cc1. The third-order valence-electron chi connectivity index (χ3n) is 6.57. The summed E-state index contributed by atoms with van der Waals surface area (Å²) in [5.74, 6) is -0.151. The topological polar surface area (TPSA) is 118 Å². The van der Waals surface area contributed by atoms with Crippen LogP contribution in [-0.2, 0) is 0 Å². The number of anilines is 2. The molecule has 0 fully saturated rings. The fourth-order valence-electron chi connectivity index (χ4n) is 4.38. The van der Waals surface area contributed by atoms with E-state index in [9.17, 15) is 9.59 Å². The Morgan fingerprint density at radius 2 is 0.868 bits per heavy atom. The van der Waals surface area contributed by atoms with Crippen molar-refractivity contribution in [3.05, 3.63) is 131 Å². The number of hydrogen-bond acceptors (Lipinski definition) is 4. The number of carbonyl (C=O) groups is 2. The highest BCUT2D eigenvalue weighted by molar-refractivity contribution is 6.16. The lowest BCUT2D eigenvalue weighted by Gasteiger charge is -2.01. The molecule has 0 saturated carbocycles. The number of carbonyl (C=O) groups excluding carboxylic acids is 2. The minimum Gasteiger partial charge on any atom is -0.396 e. The normalized spacial score (nSPS) is 10.8. The van der Waals surface area contributed by atoms with Crippen molar-refractivity contribution in [1.29, 1.82) is 0 Å². The Morgan fingerprint density at radius 3 is 1.21 bits per heavy atom. The molecular formula is C32H28N4O2. The van der Waals surface area contributed by atoms with Crippen molar-refractivity contribution < 1.29 is 9.59 Å². The molecule has 0 radical (unpaired) electrons. The van der Waals surface area contributed by atoms with Gasteiger partial charge in [-0.2, -0.15) is 0 Å². The molecule has 6 nitrogen and oxygen atoms in total. The average Bonchev–Trinajstić information content (AvgIpc) is 3.46. The number of H-pyrrole nitrogens is 2. The summed E-state index contributed by atoms with van der Waals surface area (Å²) in [7, 11) is 0. The Morgan fingerprint density at radius 1 is 0.526 bits per heavy atom. The summed E-state index contributed by atoms with van der Waals surface area (Å²) in [6, 6.07) is 30.3. The zero-order valence-corrected chi connectivity index (χ0v) is 21.2. The third kappa shape index (κ3) is 4.67. The molecule has 0 unspecified atom stereocenters. The van der Waals surface area contributed by atoms with Gasteiger partial charge in [-0.1, -0.05) is 96.1 Å². The van der Waals surface area contributed by atoms with Crippen molar-refractivity contribution in [3.8, 4) is 0 Å². The predicted octanol–water partition coefficient (Wildman–Crippen LogP) is 6.58. The van der Waals surface area contributed by atoms with Crippen LogP contribution in [0, 0.1) is 13.8 Å². The van der Waals surface area contributed by atoms with Gasteiger partial charge in [-0.15, -0.1) is 0 Å². The van der Waals surface area contributed by atoms with E-state index in [2.05, 4.69) is 9.97 Å². The maximum absolute atomic E-state index is 12.4. The number of nitrogens with two attached hydrogens (primary N) is 2. The smallest absolute Gasteiger partial charge is 0.211 e. The second-order valence-electron chi connectivity index (χ2n) is 9.31. The van der Waals surface area contributed by atoms with Crippen LogP contribution >= 0.6 is 0 Å². The summed E-state index contributed by atoms with van der Waals surface area (Å²) < 4.78 is 0. The molecule has 0 aliphatic heterocycles. The summed E-state index contributed by atoms with van der Waals surface area (Å²) in [5.41, 5.74) is 19.4. The first kappa shape index (κ1) is 24.6. The maximum Gasteiger partial charge on any atom is 0.211 e. The van der Waals surface area contributed by atoms with Gasteiger partial charge in [-0.3, -0.25) is 9.59 Å². The van der Waals surface area contributed by atoms with Crippen LogP contribution in [0.25, 0.3) is 21.8 Å². The lowest BCUT2D eigenvalue weighted by molar-refractivity contribution is 0.102. The van der Waals surface area contributed by atoms with Gasteiger partial charge in [0, 0.05) is 32.9 Å². The number of ketones is 2. The number of nitrogen functional groups attached to an aromatic ring is 2. The molecule has 6 heteroatoms. The molecule has 0 saturated heterocycles. The summed E-state index contributed by atoms with van der Waals surface area (Å²) in [4.78, 5) is 31.1. The van der Waals surface area contributed by atoms with E-state index in [0.717, 1.165) is 32.9 Å². The van der Waals surface area contributed by atoms with E-state index in [1.54, 1.807) is 0 Å². The van der Waals surface area contributed by atoms with E-state index in [1.807, 2.05) is 111 Å². The Hall–Kier alpha value is -5.10. The van der Waals surface area contributed by atoms with Crippen molar-refractivity contribution in [2.75, 3.05) is 11.5 Å². The van der Waals surface area contributed by atoms with Crippen molar-refractivity contribution >= 4 is 44.7 Å². The van der Waals surface area contributed by atoms with Gasteiger partial charge < -0.3 is 21.4 Å². The van der Waals surface area contributed by atoms with Gasteiger partial charge in [0.05, 0.1) is 11.4 Å². The molecule has 2 heterocycles. The second-order valence-corrected chi connectivity index (χ2v) is 9.31. The van der Waals surface area contributed by atoms with Crippen LogP contribution in [0.4, 0.5) is 11.4 Å². The lowest BCUT2D eigenvalue weighted by Crippen LogP contribution is -2.04. The van der Waals surface area contributed by atoms with Gasteiger partial charge in [0.1, 0.15) is 11.4 Å². The molecule has 0 aliphatic rings. The van der Waals surface area contributed by atoms with Crippen LogP contribution in [0.15, 0.2) is 97.1 Å². The van der Waals surface area contributed by atoms with Crippen LogP contribution in [0.1, 0.15) is 43.2 Å². The highest BCUT2D eigenvalue weighted by atomic mass is 16.1. The van der Waals surface area contributed by atoms with Crippen molar-refractivity contribution in [2.45, 2.75) is 13.8 Å². The van der Waals surface area contributed by atoms with Gasteiger partial charge >= 0.3 is 0 Å². The lowest BCUT2D eigenvalue weighted by atomic mass is 10.1. The average molecular weight is 501 g/mol. The Bertz CT molecular complexity index is 1640. The fraction of sp³-hybridized carbons (Fsp3) is 0.0625. The number of hydrogen-bond donors (Lipinski definition) is 4. The minimum absolute atomic E-state index is 0.0753. The number of benzene rings is 4. The molecule has 38 heavy (non-hydrogen) atoms. The first-order valence-corrected chi connectivity index (χ1v) is 12.3. The highest BCUT2D eigenvalue weighted by Gasteiger charge is 2.18. The van der Waals surface area contributed by atoms with Crippen molar-refractivity contribution in [2.24, 2.45) is 0 Å². The minimum atomic E-state index is -0.0753. The summed E-state index contributed by atoms with van der Waals surface area (Å²) in [5, 5.41) is 1.77. The zero-order chi connectivity index (χ0) is 26.8. The number of aryl methyl sites for hydroxylation is 2. The molecular weight excluding hydrogens is 472 g/mol. The Kier molecular flexibility index (Phi) is 6.54. The number of nitrogens with one attached hydrogen (secondary N) is 2. The van der Waals surface area contributed by atoms with Crippen LogP contribution in [0.2, 0.25) is 0 Å². The van der Waals surface area contributed by atoms with Crippen LogP contribution in [0.3, 0.4) is 0 Å². The van der Waals surface area contributed by atoms with E-state index in [4.69, 9.17) is 11.5 Å². The standard InChI is InChI=1S/2C16H14N2O/c2*1-10-6-8-11(9-7-10)16(19)15-14(17)12-4-2-3-5-13(12)18-15/h2*2-9,18H,17H2,1H3. The van der Waals surface area contributed by atoms with Crippen LogP contribution < -0.4 is 11.5 Å². The largest absolute Gasteiger partial charge is 0.396 e. The number of fused-ring (bicyclic) bond motifs is 2. The first-order valence-electron chi connectivity index (χ1n) is 12.3. The number of aromatic nitrogens is 2. The second kappa shape index (κ2) is 10.1. The van der Waals surface area contributed by atoms with Crippen molar-refractivity contribution in [3.63, 3.8) is 0 Å². The Balaban J connectivity index is 0.000000155. The summed E-state index contributed by atoms with van der Waals surface area (Å²) >= 11 is 0. The molecule has 4 aromatic carbocycles. The molecule has 2 aromatic heterocycles. The molecule has 0 aliphatic carbocycles. The quantitative estimate of drug-likeness (QED) is 0.205. The molecule has 0 amide bonds. The number of para-hydroxylation sites is 2. The molecule has 0 bridgehead atoms. The molecule has 6 aromatic rings. The van der Waals surface area contributed by atoms with Crippen LogP contribution in [0.5, 0.6) is 0 Å². The highest BCUT2D eigenvalue weighted by Crippen LogP contribution is 2.27. The molecule has 6 rings (SSSR count). The fourth-order valence-corrected chi connectivity index (χ4v) is 4.38. The summed E-state index contributed by atoms with van der Waals surface area (Å²) in [6.07, 6.45) is 0. The monoisotopic (exact) mass is 500 g/mol. The van der Waals surface area contributed by atoms with E-state index in [-0.39, 0.29) is 11.6 Å². The summed E-state index contributed by atoms with van der Waals surface area (Å²) in [6.45, 7) is 3.98. The van der Waals surface area contributed by atoms with Crippen LogP contribution in [-0.4, -0.2) is 21.5 Å². The van der Waals surface area contributed by atoms with Gasteiger partial charge in [-0.05, 0) is 26.0 Å². The van der Waals surface area contributed by atoms with Gasteiger partial charge in [-0.25, -0.2) is 0 Å². The van der Waals surface area contributed by atoms with E-state index >= 15 is 0 Å². The van der Waals surface area contributed by atoms with Gasteiger partial charge in [0.15, 0.2) is 0 Å². The first-order chi connectivity index (χ1) is 18.3. The van der Waals surface area contributed by atoms with E-state index < -0.39 is 0 Å². The molecule has 6 N–H and O–H groups in total. The van der Waals surface area contributed by atoms with E-state index in [0.29, 0.717) is 33.9 Å². The number of aromatic amines is 2. The molecule has 188 valence electrons. The van der Waals surface area contributed by atoms with E-state index in [1.165, 1.54) is 0 Å². The molecule has 0 atom stereocenters. The third-order valence-corrected chi connectivity index (χ3v) is 6.57.